The van der Waals surface area contributed by atoms with Crippen LogP contribution in [0, 0.1) is 12.3 Å². The molecule has 0 N–H and O–H groups in total. The highest BCUT2D eigenvalue weighted by Gasteiger charge is 2.12. The van der Waals surface area contributed by atoms with Gasteiger partial charge in [0, 0.05) is 33.2 Å². The van der Waals surface area contributed by atoms with Gasteiger partial charge in [-0.1, -0.05) is 56.5 Å². The fraction of sp³-hybridized carbons (Fsp3) is 0.241. The minimum Gasteiger partial charge on any atom is -0.322 e. The molecule has 0 saturated heterocycles. The molecule has 2 heteroatoms. The second-order valence-electron chi connectivity index (χ2n) is 7.60. The Balaban J connectivity index is 0.000000858. The van der Waals surface area contributed by atoms with Crippen LogP contribution in [0.4, 0.5) is 0 Å². The van der Waals surface area contributed by atoms with Gasteiger partial charge in [0.25, 0.3) is 0 Å². The summed E-state index contributed by atoms with van der Waals surface area (Å²) in [5.74, 6) is 2.89. The Labute approximate surface area is 191 Å². The molecule has 0 aliphatic rings. The first kappa shape index (κ1) is 22.7. The molecule has 0 bridgehead atoms. The van der Waals surface area contributed by atoms with Crippen molar-refractivity contribution in [1.29, 1.82) is 0 Å². The van der Waals surface area contributed by atoms with E-state index in [1.54, 1.807) is 17.4 Å². The number of aryl methyl sites for hydroxylation is 2. The van der Waals surface area contributed by atoms with Crippen molar-refractivity contribution in [2.24, 2.45) is 0 Å². The Morgan fingerprint density at radius 2 is 1.84 bits per heavy atom. The molecule has 0 amide bonds. The first-order valence-corrected chi connectivity index (χ1v) is 11.8. The van der Waals surface area contributed by atoms with Crippen molar-refractivity contribution < 1.29 is 0 Å². The SMILES string of the molecule is C#Cc1cn(-c2ccc(CC)c(CCCC)c2)cc1-c1cc2ccccc2s1.C=CC. The highest BCUT2D eigenvalue weighted by molar-refractivity contribution is 7.22. The average molecular weight is 426 g/mol. The lowest BCUT2D eigenvalue weighted by Gasteiger charge is -2.11. The standard InChI is InChI=1S/C26H25NS.C3H6/c1-4-7-10-21-15-23(14-13-19(21)5-2)27-17-20(6-3)24(18-27)26-16-22-11-8-9-12-25(22)28-26;1-3-2/h3,8-9,11-18H,4-5,7,10H2,1-2H3;3H,1H2,2H3. The number of terminal acetylenes is 1. The number of nitrogens with zero attached hydrogens (tertiary/aromatic N) is 1. The van der Waals surface area contributed by atoms with Gasteiger partial charge in [-0.25, -0.2) is 0 Å². The van der Waals surface area contributed by atoms with Gasteiger partial charge in [-0.05, 0) is 67.0 Å². The summed E-state index contributed by atoms with van der Waals surface area (Å²) >= 11 is 1.80. The maximum atomic E-state index is 5.86. The number of thiophene rings is 1. The number of benzene rings is 2. The normalized spacial score (nSPS) is 10.4. The zero-order chi connectivity index (χ0) is 22.2. The van der Waals surface area contributed by atoms with Gasteiger partial charge in [-0.3, -0.25) is 0 Å². The third kappa shape index (κ3) is 5.19. The van der Waals surface area contributed by atoms with Crippen molar-refractivity contribution in [1.82, 2.24) is 4.57 Å². The van der Waals surface area contributed by atoms with Crippen molar-refractivity contribution in [2.45, 2.75) is 46.5 Å². The summed E-state index contributed by atoms with van der Waals surface area (Å²) in [6.07, 6.45) is 16.5. The van der Waals surface area contributed by atoms with Crippen LogP contribution in [0.15, 0.2) is 73.6 Å². The fourth-order valence-electron chi connectivity index (χ4n) is 3.75. The first-order valence-electron chi connectivity index (χ1n) is 11.0. The number of unbranched alkanes of at least 4 members (excludes halogenated alkanes) is 1. The molecule has 4 rings (SSSR count). The molecule has 0 atom stereocenters. The summed E-state index contributed by atoms with van der Waals surface area (Å²) in [7, 11) is 0. The molecule has 0 fully saturated rings. The molecule has 0 unspecified atom stereocenters. The van der Waals surface area contributed by atoms with Crippen molar-refractivity contribution in [2.75, 3.05) is 0 Å². The van der Waals surface area contributed by atoms with Crippen LogP contribution >= 0.6 is 11.3 Å². The van der Waals surface area contributed by atoms with E-state index in [0.29, 0.717) is 0 Å². The maximum Gasteiger partial charge on any atom is 0.0510 e. The minimum atomic E-state index is 0.946. The summed E-state index contributed by atoms with van der Waals surface area (Å²) in [5, 5.41) is 1.27. The molecule has 2 aromatic heterocycles. The molecule has 2 aromatic carbocycles. The molecule has 0 aliphatic heterocycles. The number of rotatable bonds is 6. The molecule has 0 spiro atoms. The molecule has 4 aromatic rings. The summed E-state index contributed by atoms with van der Waals surface area (Å²) in [5.41, 5.74) is 6.18. The van der Waals surface area contributed by atoms with Crippen LogP contribution in [-0.4, -0.2) is 4.57 Å². The van der Waals surface area contributed by atoms with Crippen molar-refractivity contribution in [3.8, 4) is 28.5 Å². The second kappa shape index (κ2) is 10.8. The van der Waals surface area contributed by atoms with Gasteiger partial charge >= 0.3 is 0 Å². The molecular formula is C29H31NS. The molecule has 0 aliphatic carbocycles. The molecule has 0 saturated carbocycles. The molecule has 1 nitrogen and oxygen atoms in total. The Kier molecular flexibility index (Phi) is 7.93. The van der Waals surface area contributed by atoms with E-state index in [1.807, 2.05) is 6.92 Å². The van der Waals surface area contributed by atoms with Crippen LogP contribution in [0.2, 0.25) is 0 Å². The highest BCUT2D eigenvalue weighted by Crippen LogP contribution is 2.36. The van der Waals surface area contributed by atoms with Crippen LogP contribution in [0.1, 0.15) is 50.3 Å². The average Bonchev–Trinajstić information content (AvgIpc) is 3.42. The maximum absolute atomic E-state index is 5.86. The Morgan fingerprint density at radius 1 is 1.06 bits per heavy atom. The number of hydrogen-bond donors (Lipinski definition) is 0. The lowest BCUT2D eigenvalue weighted by Crippen LogP contribution is -1.97. The molecule has 158 valence electrons. The summed E-state index contributed by atoms with van der Waals surface area (Å²) < 4.78 is 3.48. The lowest BCUT2D eigenvalue weighted by atomic mass is 9.99. The van der Waals surface area contributed by atoms with E-state index in [9.17, 15) is 0 Å². The van der Waals surface area contributed by atoms with E-state index in [0.717, 1.165) is 24.0 Å². The summed E-state index contributed by atoms with van der Waals surface area (Å²) in [6, 6.07) is 17.6. The fourth-order valence-corrected chi connectivity index (χ4v) is 4.83. The molecule has 31 heavy (non-hydrogen) atoms. The monoisotopic (exact) mass is 425 g/mol. The van der Waals surface area contributed by atoms with Gasteiger partial charge in [0.15, 0.2) is 0 Å². The first-order chi connectivity index (χ1) is 15.1. The molecule has 2 heterocycles. The van der Waals surface area contributed by atoms with E-state index in [-0.39, 0.29) is 0 Å². The van der Waals surface area contributed by atoms with Gasteiger partial charge in [-0.15, -0.1) is 24.3 Å². The Bertz CT molecular complexity index is 1170. The Morgan fingerprint density at radius 3 is 2.52 bits per heavy atom. The van der Waals surface area contributed by atoms with Gasteiger partial charge in [0.2, 0.25) is 0 Å². The van der Waals surface area contributed by atoms with Crippen LogP contribution < -0.4 is 0 Å². The van der Waals surface area contributed by atoms with Crippen LogP contribution in [-0.2, 0) is 12.8 Å². The van der Waals surface area contributed by atoms with E-state index in [4.69, 9.17) is 6.42 Å². The largest absolute Gasteiger partial charge is 0.322 e. The highest BCUT2D eigenvalue weighted by atomic mass is 32.1. The Hall–Kier alpha value is -3.02. The van der Waals surface area contributed by atoms with Gasteiger partial charge in [0.1, 0.15) is 0 Å². The van der Waals surface area contributed by atoms with E-state index < -0.39 is 0 Å². The van der Waals surface area contributed by atoms with Gasteiger partial charge in [0.05, 0.1) is 5.56 Å². The number of aromatic nitrogens is 1. The van der Waals surface area contributed by atoms with Crippen molar-refractivity contribution in [3.05, 3.63) is 90.3 Å². The third-order valence-corrected chi connectivity index (χ3v) is 6.49. The quantitative estimate of drug-likeness (QED) is 0.216. The van der Waals surface area contributed by atoms with Crippen LogP contribution in [0.3, 0.4) is 0 Å². The lowest BCUT2D eigenvalue weighted by molar-refractivity contribution is 0.786. The molecule has 0 radical (unpaired) electrons. The van der Waals surface area contributed by atoms with E-state index in [2.05, 4.69) is 91.8 Å². The smallest absolute Gasteiger partial charge is 0.0510 e. The third-order valence-electron chi connectivity index (χ3n) is 5.34. The van der Waals surface area contributed by atoms with Crippen LogP contribution in [0.5, 0.6) is 0 Å². The zero-order valence-electron chi connectivity index (χ0n) is 18.8. The summed E-state index contributed by atoms with van der Waals surface area (Å²) in [4.78, 5) is 1.23. The van der Waals surface area contributed by atoms with Crippen molar-refractivity contribution >= 4 is 21.4 Å². The van der Waals surface area contributed by atoms with Crippen LogP contribution in [0.25, 0.3) is 26.2 Å². The number of fused-ring (bicyclic) bond motifs is 1. The van der Waals surface area contributed by atoms with E-state index in [1.165, 1.54) is 44.6 Å². The van der Waals surface area contributed by atoms with Gasteiger partial charge in [-0.2, -0.15) is 0 Å². The van der Waals surface area contributed by atoms with E-state index >= 15 is 0 Å². The second-order valence-corrected chi connectivity index (χ2v) is 8.69. The predicted molar refractivity (Wildman–Crippen MR) is 138 cm³/mol. The number of hydrogen-bond acceptors (Lipinski definition) is 1. The zero-order valence-corrected chi connectivity index (χ0v) is 19.6. The minimum absolute atomic E-state index is 0.946. The topological polar surface area (TPSA) is 4.93 Å². The summed E-state index contributed by atoms with van der Waals surface area (Å²) in [6.45, 7) is 9.73. The van der Waals surface area contributed by atoms with Crippen molar-refractivity contribution in [3.63, 3.8) is 0 Å². The molecular weight excluding hydrogens is 394 g/mol. The van der Waals surface area contributed by atoms with Gasteiger partial charge < -0.3 is 4.57 Å². The predicted octanol–water partition coefficient (Wildman–Crippen LogP) is 8.44. The number of allylic oxidation sites excluding steroid dienone is 1.